The van der Waals surface area contributed by atoms with Gasteiger partial charge in [-0.3, -0.25) is 0 Å². The molecule has 1 fully saturated rings. The van der Waals surface area contributed by atoms with Crippen LogP contribution in [-0.2, 0) is 13.1 Å². The van der Waals surface area contributed by atoms with Gasteiger partial charge in [-0.1, -0.05) is 60.7 Å². The Balaban J connectivity index is 1.87. The number of hydrogen-bond donors (Lipinski definition) is 0. The molecule has 0 spiro atoms. The molecule has 1 saturated heterocycles. The number of nitriles is 2. The molecule has 0 aromatic heterocycles. The predicted octanol–water partition coefficient (Wildman–Crippen LogP) is 3.26. The van der Waals surface area contributed by atoms with Gasteiger partial charge in [0.05, 0.1) is 0 Å². The van der Waals surface area contributed by atoms with E-state index in [4.69, 9.17) is 0 Å². The number of rotatable bonds is 4. The van der Waals surface area contributed by atoms with Crippen molar-refractivity contribution < 1.29 is 0 Å². The molecule has 3 rings (SSSR count). The van der Waals surface area contributed by atoms with Gasteiger partial charge in [0, 0.05) is 26.2 Å². The summed E-state index contributed by atoms with van der Waals surface area (Å²) in [5.74, 6) is 0.743. The van der Waals surface area contributed by atoms with Gasteiger partial charge in [-0.05, 0) is 11.1 Å². The Labute approximate surface area is 142 Å². The van der Waals surface area contributed by atoms with Crippen LogP contribution in [0.3, 0.4) is 0 Å². The third-order valence-corrected chi connectivity index (χ3v) is 4.12. The summed E-state index contributed by atoms with van der Waals surface area (Å²) in [7, 11) is 0. The highest BCUT2D eigenvalue weighted by molar-refractivity contribution is 5.40. The van der Waals surface area contributed by atoms with E-state index >= 15 is 0 Å². The standard InChI is InChI=1S/C20H18N4/c21-13-19(14-22)20-23(15-17-7-3-1-4-8-17)11-12-24(20)16-18-9-5-2-6-10-18/h1-10H,11-12,15-16H2. The van der Waals surface area contributed by atoms with E-state index < -0.39 is 0 Å². The molecule has 4 nitrogen and oxygen atoms in total. The lowest BCUT2D eigenvalue weighted by molar-refractivity contribution is 0.324. The Morgan fingerprint density at radius 1 is 0.750 bits per heavy atom. The molecule has 1 heterocycles. The normalized spacial score (nSPS) is 13.5. The number of allylic oxidation sites excluding steroid dienone is 1. The molecular weight excluding hydrogens is 296 g/mol. The van der Waals surface area contributed by atoms with Crippen LogP contribution in [0.1, 0.15) is 11.1 Å². The molecule has 1 aliphatic heterocycles. The van der Waals surface area contributed by atoms with Crippen molar-refractivity contribution in [3.8, 4) is 12.1 Å². The van der Waals surface area contributed by atoms with Gasteiger partial charge in [0.15, 0.2) is 5.57 Å². The SMILES string of the molecule is N#CC(C#N)=C1N(Cc2ccccc2)CCN1Cc1ccccc1. The second kappa shape index (κ2) is 7.35. The van der Waals surface area contributed by atoms with Crippen LogP contribution in [0.4, 0.5) is 0 Å². The van der Waals surface area contributed by atoms with Crippen molar-refractivity contribution in [3.63, 3.8) is 0 Å². The molecule has 2 aromatic carbocycles. The van der Waals surface area contributed by atoms with E-state index in [0.29, 0.717) is 13.1 Å². The summed E-state index contributed by atoms with van der Waals surface area (Å²) in [6.45, 7) is 3.02. The Kier molecular flexibility index (Phi) is 4.79. The zero-order valence-electron chi connectivity index (χ0n) is 13.4. The summed E-state index contributed by atoms with van der Waals surface area (Å²) in [6.07, 6.45) is 0. The molecule has 2 aromatic rings. The van der Waals surface area contributed by atoms with Crippen LogP contribution in [0, 0.1) is 22.7 Å². The Hall–Kier alpha value is -3.24. The van der Waals surface area contributed by atoms with Gasteiger partial charge in [-0.2, -0.15) is 10.5 Å². The van der Waals surface area contributed by atoms with E-state index in [1.165, 1.54) is 11.1 Å². The molecular formula is C20H18N4. The highest BCUT2D eigenvalue weighted by Crippen LogP contribution is 2.26. The highest BCUT2D eigenvalue weighted by Gasteiger charge is 2.28. The predicted molar refractivity (Wildman–Crippen MR) is 92.0 cm³/mol. The van der Waals surface area contributed by atoms with E-state index in [2.05, 4.69) is 46.2 Å². The first-order valence-electron chi connectivity index (χ1n) is 7.94. The molecule has 0 atom stereocenters. The topological polar surface area (TPSA) is 54.1 Å². The van der Waals surface area contributed by atoms with Gasteiger partial charge in [0.25, 0.3) is 0 Å². The minimum Gasteiger partial charge on any atom is -0.350 e. The van der Waals surface area contributed by atoms with Crippen LogP contribution in [0.25, 0.3) is 0 Å². The fourth-order valence-electron chi connectivity index (χ4n) is 3.01. The summed E-state index contributed by atoms with van der Waals surface area (Å²) >= 11 is 0. The minimum atomic E-state index is 0.180. The van der Waals surface area contributed by atoms with Crippen LogP contribution in [-0.4, -0.2) is 22.9 Å². The molecule has 0 saturated carbocycles. The second-order valence-corrected chi connectivity index (χ2v) is 5.74. The van der Waals surface area contributed by atoms with Gasteiger partial charge < -0.3 is 9.80 Å². The molecule has 4 heteroatoms. The monoisotopic (exact) mass is 314 g/mol. The second-order valence-electron chi connectivity index (χ2n) is 5.74. The van der Waals surface area contributed by atoms with Crippen molar-refractivity contribution in [2.75, 3.05) is 13.1 Å². The van der Waals surface area contributed by atoms with Gasteiger partial charge in [-0.15, -0.1) is 0 Å². The quantitative estimate of drug-likeness (QED) is 0.813. The Morgan fingerprint density at radius 2 is 1.17 bits per heavy atom. The summed E-state index contributed by atoms with van der Waals surface area (Å²) in [5, 5.41) is 18.7. The first-order valence-corrected chi connectivity index (χ1v) is 7.94. The van der Waals surface area contributed by atoms with Gasteiger partial charge in [0.1, 0.15) is 18.0 Å². The molecule has 1 aliphatic rings. The number of benzene rings is 2. The third-order valence-electron chi connectivity index (χ3n) is 4.12. The Bertz CT molecular complexity index is 730. The third kappa shape index (κ3) is 3.39. The van der Waals surface area contributed by atoms with Gasteiger partial charge in [-0.25, -0.2) is 0 Å². The van der Waals surface area contributed by atoms with Crippen LogP contribution in [0.5, 0.6) is 0 Å². The average Bonchev–Trinajstić information content (AvgIpc) is 3.00. The fourth-order valence-corrected chi connectivity index (χ4v) is 3.01. The van der Waals surface area contributed by atoms with Crippen molar-refractivity contribution in [3.05, 3.63) is 83.2 Å². The van der Waals surface area contributed by atoms with Crippen molar-refractivity contribution in [2.45, 2.75) is 13.1 Å². The maximum absolute atomic E-state index is 9.37. The molecule has 0 aliphatic carbocycles. The maximum atomic E-state index is 9.37. The summed E-state index contributed by atoms with van der Waals surface area (Å²) in [5.41, 5.74) is 2.53. The van der Waals surface area contributed by atoms with E-state index in [9.17, 15) is 10.5 Å². The zero-order valence-corrected chi connectivity index (χ0v) is 13.4. The van der Waals surface area contributed by atoms with Crippen molar-refractivity contribution in [2.24, 2.45) is 0 Å². The van der Waals surface area contributed by atoms with E-state index in [1.807, 2.05) is 36.4 Å². The maximum Gasteiger partial charge on any atom is 0.169 e. The summed E-state index contributed by atoms with van der Waals surface area (Å²) in [4.78, 5) is 4.25. The molecule has 118 valence electrons. The minimum absolute atomic E-state index is 0.180. The smallest absolute Gasteiger partial charge is 0.169 e. The summed E-state index contributed by atoms with van der Waals surface area (Å²) in [6, 6.07) is 24.4. The Morgan fingerprint density at radius 3 is 1.54 bits per heavy atom. The van der Waals surface area contributed by atoms with Crippen LogP contribution in [0.15, 0.2) is 72.1 Å². The first kappa shape index (κ1) is 15.6. The number of nitrogens with zero attached hydrogens (tertiary/aromatic N) is 4. The first-order chi connectivity index (χ1) is 11.8. The lowest BCUT2D eigenvalue weighted by Crippen LogP contribution is -2.24. The van der Waals surface area contributed by atoms with Crippen LogP contribution in [0.2, 0.25) is 0 Å². The largest absolute Gasteiger partial charge is 0.350 e. The van der Waals surface area contributed by atoms with Crippen LogP contribution < -0.4 is 0 Å². The molecule has 0 amide bonds. The fraction of sp³-hybridized carbons (Fsp3) is 0.200. The molecule has 0 bridgehead atoms. The van der Waals surface area contributed by atoms with Crippen molar-refractivity contribution in [1.82, 2.24) is 9.80 Å². The lowest BCUT2D eigenvalue weighted by atomic mass is 10.2. The summed E-state index contributed by atoms with van der Waals surface area (Å²) < 4.78 is 0. The molecule has 24 heavy (non-hydrogen) atoms. The molecule has 0 unspecified atom stereocenters. The zero-order chi connectivity index (χ0) is 16.8. The van der Waals surface area contributed by atoms with E-state index in [1.54, 1.807) is 0 Å². The van der Waals surface area contributed by atoms with Gasteiger partial charge in [0.2, 0.25) is 0 Å². The van der Waals surface area contributed by atoms with Crippen molar-refractivity contribution in [1.29, 1.82) is 10.5 Å². The highest BCUT2D eigenvalue weighted by atomic mass is 15.4. The van der Waals surface area contributed by atoms with Gasteiger partial charge >= 0.3 is 0 Å². The molecule has 0 N–H and O–H groups in total. The molecule has 0 radical (unpaired) electrons. The van der Waals surface area contributed by atoms with Crippen molar-refractivity contribution >= 4 is 0 Å². The number of hydrogen-bond acceptors (Lipinski definition) is 4. The average molecular weight is 314 g/mol. The van der Waals surface area contributed by atoms with E-state index in [0.717, 1.165) is 18.9 Å². The van der Waals surface area contributed by atoms with Crippen LogP contribution >= 0.6 is 0 Å². The van der Waals surface area contributed by atoms with E-state index in [-0.39, 0.29) is 5.57 Å². The lowest BCUT2D eigenvalue weighted by Gasteiger charge is -2.25.